The fourth-order valence-electron chi connectivity index (χ4n) is 2.83. The summed E-state index contributed by atoms with van der Waals surface area (Å²) in [5.74, 6) is 1.75. The molecule has 0 saturated heterocycles. The molecule has 8 heteroatoms. The number of carbonyl (C=O) groups is 1. The SMILES string of the molecule is CC(C)c1nncn1CCNC(=O)C[C@@H]1CCC[C@H]1N.Cl.Cl. The van der Waals surface area contributed by atoms with Crippen molar-refractivity contribution in [3.8, 4) is 0 Å². The first-order valence-corrected chi connectivity index (χ1v) is 7.48. The predicted octanol–water partition coefficient (Wildman–Crippen LogP) is 1.88. The third-order valence-electron chi connectivity index (χ3n) is 4.00. The number of amides is 1. The maximum atomic E-state index is 11.9. The molecule has 1 saturated carbocycles. The Labute approximate surface area is 144 Å². The van der Waals surface area contributed by atoms with Crippen molar-refractivity contribution < 1.29 is 4.79 Å². The van der Waals surface area contributed by atoms with Crippen molar-refractivity contribution in [3.05, 3.63) is 12.2 Å². The lowest BCUT2D eigenvalue weighted by molar-refractivity contribution is -0.122. The highest BCUT2D eigenvalue weighted by Gasteiger charge is 2.25. The molecule has 0 spiro atoms. The zero-order valence-electron chi connectivity index (χ0n) is 13.2. The van der Waals surface area contributed by atoms with E-state index in [2.05, 4.69) is 29.4 Å². The molecule has 1 aliphatic carbocycles. The maximum Gasteiger partial charge on any atom is 0.220 e. The van der Waals surface area contributed by atoms with Gasteiger partial charge in [-0.25, -0.2) is 0 Å². The second kappa shape index (κ2) is 10.0. The summed E-state index contributed by atoms with van der Waals surface area (Å²) in [7, 11) is 0. The molecule has 1 aliphatic rings. The Morgan fingerprint density at radius 1 is 1.45 bits per heavy atom. The van der Waals surface area contributed by atoms with E-state index in [4.69, 9.17) is 5.73 Å². The first-order valence-electron chi connectivity index (χ1n) is 7.48. The van der Waals surface area contributed by atoms with Crippen molar-refractivity contribution in [1.82, 2.24) is 20.1 Å². The van der Waals surface area contributed by atoms with Gasteiger partial charge in [-0.3, -0.25) is 4.79 Å². The van der Waals surface area contributed by atoms with Crippen molar-refractivity contribution in [2.45, 2.75) is 58.0 Å². The average Bonchev–Trinajstić information content (AvgIpc) is 2.99. The van der Waals surface area contributed by atoms with Gasteiger partial charge in [0.2, 0.25) is 5.91 Å². The second-order valence-corrected chi connectivity index (χ2v) is 5.95. The van der Waals surface area contributed by atoms with Crippen molar-refractivity contribution in [2.75, 3.05) is 6.54 Å². The minimum atomic E-state index is 0. The van der Waals surface area contributed by atoms with Gasteiger partial charge in [-0.2, -0.15) is 0 Å². The van der Waals surface area contributed by atoms with Gasteiger partial charge >= 0.3 is 0 Å². The molecule has 0 aliphatic heterocycles. The molecule has 1 heterocycles. The van der Waals surface area contributed by atoms with Crippen LogP contribution in [-0.2, 0) is 11.3 Å². The van der Waals surface area contributed by atoms with E-state index in [1.807, 2.05) is 4.57 Å². The van der Waals surface area contributed by atoms with E-state index < -0.39 is 0 Å². The molecule has 2 atom stereocenters. The quantitative estimate of drug-likeness (QED) is 0.819. The monoisotopic (exact) mass is 351 g/mol. The van der Waals surface area contributed by atoms with E-state index in [-0.39, 0.29) is 36.8 Å². The number of nitrogens with two attached hydrogens (primary N) is 1. The summed E-state index contributed by atoms with van der Waals surface area (Å²) in [4.78, 5) is 11.9. The van der Waals surface area contributed by atoms with Crippen molar-refractivity contribution in [1.29, 1.82) is 0 Å². The number of hydrogen-bond donors (Lipinski definition) is 2. The summed E-state index contributed by atoms with van der Waals surface area (Å²) in [5.41, 5.74) is 5.99. The van der Waals surface area contributed by atoms with Crippen LogP contribution in [0.25, 0.3) is 0 Å². The highest BCUT2D eigenvalue weighted by Crippen LogP contribution is 2.26. The van der Waals surface area contributed by atoms with Crippen LogP contribution < -0.4 is 11.1 Å². The minimum Gasteiger partial charge on any atom is -0.354 e. The molecule has 0 radical (unpaired) electrons. The molecule has 0 unspecified atom stereocenters. The van der Waals surface area contributed by atoms with Crippen LogP contribution in [0.15, 0.2) is 6.33 Å². The molecule has 2 rings (SSSR count). The van der Waals surface area contributed by atoms with Gasteiger partial charge in [-0.1, -0.05) is 20.3 Å². The Balaban J connectivity index is 0.00000220. The Morgan fingerprint density at radius 3 is 2.77 bits per heavy atom. The number of nitrogens with one attached hydrogen (secondary N) is 1. The lowest BCUT2D eigenvalue weighted by Gasteiger charge is -2.15. The normalized spacial score (nSPS) is 20.4. The van der Waals surface area contributed by atoms with Gasteiger partial charge in [0.25, 0.3) is 0 Å². The summed E-state index contributed by atoms with van der Waals surface area (Å²) < 4.78 is 1.99. The van der Waals surface area contributed by atoms with E-state index in [1.54, 1.807) is 6.33 Å². The van der Waals surface area contributed by atoms with Crippen LogP contribution in [-0.4, -0.2) is 33.3 Å². The van der Waals surface area contributed by atoms with E-state index in [0.717, 1.165) is 25.1 Å². The van der Waals surface area contributed by atoms with E-state index >= 15 is 0 Å². The molecule has 0 bridgehead atoms. The molecule has 6 nitrogen and oxygen atoms in total. The standard InChI is InChI=1S/C14H25N5O.2ClH/c1-10(2)14-18-17-9-19(14)7-6-16-13(20)8-11-4-3-5-12(11)15;;/h9-12H,3-8,15H2,1-2H3,(H,16,20);2*1H/t11-,12+;;/m0../s1. The first-order chi connectivity index (χ1) is 9.58. The molecule has 3 N–H and O–H groups in total. The Bertz CT molecular complexity index is 452. The second-order valence-electron chi connectivity index (χ2n) is 5.95. The molecular weight excluding hydrogens is 325 g/mol. The third kappa shape index (κ3) is 5.74. The third-order valence-corrected chi connectivity index (χ3v) is 4.00. The smallest absolute Gasteiger partial charge is 0.220 e. The topological polar surface area (TPSA) is 85.8 Å². The number of nitrogens with zero attached hydrogens (tertiary/aromatic N) is 3. The van der Waals surface area contributed by atoms with Gasteiger partial charge in [0.15, 0.2) is 0 Å². The number of aromatic nitrogens is 3. The number of hydrogen-bond acceptors (Lipinski definition) is 4. The van der Waals surface area contributed by atoms with Crippen LogP contribution >= 0.6 is 24.8 Å². The van der Waals surface area contributed by atoms with Crippen molar-refractivity contribution in [2.24, 2.45) is 11.7 Å². The molecule has 1 aromatic heterocycles. The zero-order chi connectivity index (χ0) is 14.5. The van der Waals surface area contributed by atoms with Gasteiger partial charge in [-0.05, 0) is 18.8 Å². The molecule has 22 heavy (non-hydrogen) atoms. The van der Waals surface area contributed by atoms with E-state index in [9.17, 15) is 4.79 Å². The number of rotatable bonds is 6. The molecule has 1 aromatic rings. The highest BCUT2D eigenvalue weighted by molar-refractivity contribution is 5.85. The summed E-state index contributed by atoms with van der Waals surface area (Å²) >= 11 is 0. The van der Waals surface area contributed by atoms with Crippen LogP contribution in [0, 0.1) is 5.92 Å². The fourth-order valence-corrected chi connectivity index (χ4v) is 2.83. The van der Waals surface area contributed by atoms with Crippen LogP contribution in [0.5, 0.6) is 0 Å². The van der Waals surface area contributed by atoms with E-state index in [1.165, 1.54) is 0 Å². The number of halogens is 2. The van der Waals surface area contributed by atoms with Crippen molar-refractivity contribution in [3.63, 3.8) is 0 Å². The summed E-state index contributed by atoms with van der Waals surface area (Å²) in [6, 6.07) is 0.200. The number of carbonyl (C=O) groups excluding carboxylic acids is 1. The molecular formula is C14H27Cl2N5O. The van der Waals surface area contributed by atoms with E-state index in [0.29, 0.717) is 31.3 Å². The van der Waals surface area contributed by atoms with Gasteiger partial charge in [0.05, 0.1) is 0 Å². The minimum absolute atomic E-state index is 0. The largest absolute Gasteiger partial charge is 0.354 e. The van der Waals surface area contributed by atoms with Crippen molar-refractivity contribution >= 4 is 30.7 Å². The van der Waals surface area contributed by atoms with Crippen LogP contribution in [0.3, 0.4) is 0 Å². The lowest BCUT2D eigenvalue weighted by Crippen LogP contribution is -2.33. The predicted molar refractivity (Wildman–Crippen MR) is 91.6 cm³/mol. The maximum absolute atomic E-state index is 11.9. The fraction of sp³-hybridized carbons (Fsp3) is 0.786. The Kier molecular flexibility index (Phi) is 9.64. The molecule has 0 aromatic carbocycles. The van der Waals surface area contributed by atoms with Gasteiger partial charge < -0.3 is 15.6 Å². The highest BCUT2D eigenvalue weighted by atomic mass is 35.5. The summed E-state index contributed by atoms with van der Waals surface area (Å²) in [6.07, 6.45) is 5.56. The average molecular weight is 352 g/mol. The lowest BCUT2D eigenvalue weighted by atomic mass is 10.00. The molecule has 128 valence electrons. The van der Waals surface area contributed by atoms with Gasteiger partial charge in [0.1, 0.15) is 12.2 Å². The summed E-state index contributed by atoms with van der Waals surface area (Å²) in [5, 5.41) is 11.0. The van der Waals surface area contributed by atoms with Crippen LogP contribution in [0.2, 0.25) is 0 Å². The first kappa shape index (κ1) is 21.1. The Hall–Kier alpha value is -0.850. The molecule has 1 fully saturated rings. The van der Waals surface area contributed by atoms with Gasteiger partial charge in [-0.15, -0.1) is 35.0 Å². The van der Waals surface area contributed by atoms with Crippen LogP contribution in [0.1, 0.15) is 51.3 Å². The van der Waals surface area contributed by atoms with Crippen LogP contribution in [0.4, 0.5) is 0 Å². The Morgan fingerprint density at radius 2 is 2.18 bits per heavy atom. The summed E-state index contributed by atoms with van der Waals surface area (Å²) in [6.45, 7) is 5.49. The molecule has 1 amide bonds. The van der Waals surface area contributed by atoms with Gasteiger partial charge in [0, 0.05) is 31.5 Å². The zero-order valence-corrected chi connectivity index (χ0v) is 14.8.